The summed E-state index contributed by atoms with van der Waals surface area (Å²) in [6, 6.07) is 0.682. The van der Waals surface area contributed by atoms with Crippen LogP contribution in [0.1, 0.15) is 36.1 Å². The van der Waals surface area contributed by atoms with E-state index in [4.69, 9.17) is 5.73 Å². The average Bonchev–Trinajstić information content (AvgIpc) is 2.94. The van der Waals surface area contributed by atoms with E-state index in [1.165, 1.54) is 30.4 Å². The Hall–Kier alpha value is -1.16. The lowest BCUT2D eigenvalue weighted by Crippen LogP contribution is -2.34. The highest BCUT2D eigenvalue weighted by Crippen LogP contribution is 2.40. The molecule has 1 aliphatic heterocycles. The lowest BCUT2D eigenvalue weighted by Gasteiger charge is -2.29. The van der Waals surface area contributed by atoms with Crippen molar-refractivity contribution in [1.29, 1.82) is 0 Å². The topological polar surface area (TPSA) is 55.0 Å². The van der Waals surface area contributed by atoms with Crippen molar-refractivity contribution in [3.05, 3.63) is 16.8 Å². The molecule has 1 aliphatic carbocycles. The number of anilines is 1. The molecule has 0 radical (unpaired) electrons. The smallest absolute Gasteiger partial charge is 0.156 e. The first kappa shape index (κ1) is 11.0. The van der Waals surface area contributed by atoms with E-state index in [9.17, 15) is 0 Å². The van der Waals surface area contributed by atoms with E-state index in [0.29, 0.717) is 12.6 Å². The SMILES string of the molecule is Cc1nnc(N2CC3CCC2C3)c(CN)c1C. The molecule has 17 heavy (non-hydrogen) atoms. The van der Waals surface area contributed by atoms with Gasteiger partial charge in [-0.1, -0.05) is 0 Å². The minimum absolute atomic E-state index is 0.561. The standard InChI is InChI=1S/C13H20N4/c1-8-9(2)15-16-13(12(8)6-14)17-7-10-3-4-11(17)5-10/h10-11H,3-7,14H2,1-2H3. The molecule has 92 valence electrons. The van der Waals surface area contributed by atoms with Crippen LogP contribution in [-0.2, 0) is 6.54 Å². The van der Waals surface area contributed by atoms with Crippen molar-refractivity contribution in [3.63, 3.8) is 0 Å². The zero-order valence-corrected chi connectivity index (χ0v) is 10.6. The fourth-order valence-corrected chi connectivity index (χ4v) is 3.30. The molecule has 2 fully saturated rings. The zero-order valence-electron chi connectivity index (χ0n) is 10.6. The molecule has 2 bridgehead atoms. The summed E-state index contributed by atoms with van der Waals surface area (Å²) in [5.41, 5.74) is 9.28. The number of hydrogen-bond acceptors (Lipinski definition) is 4. The Labute approximate surface area is 102 Å². The number of nitrogens with two attached hydrogens (primary N) is 1. The molecule has 2 atom stereocenters. The maximum absolute atomic E-state index is 5.89. The molecule has 1 saturated carbocycles. The van der Waals surface area contributed by atoms with Crippen LogP contribution in [0.3, 0.4) is 0 Å². The van der Waals surface area contributed by atoms with Gasteiger partial charge in [-0.25, -0.2) is 0 Å². The summed E-state index contributed by atoms with van der Waals surface area (Å²) in [5.74, 6) is 1.91. The van der Waals surface area contributed by atoms with Gasteiger partial charge in [0.05, 0.1) is 5.69 Å². The molecule has 1 saturated heterocycles. The van der Waals surface area contributed by atoms with Crippen molar-refractivity contribution in [2.24, 2.45) is 11.7 Å². The predicted molar refractivity (Wildman–Crippen MR) is 67.9 cm³/mol. The number of nitrogens with zero attached hydrogens (tertiary/aromatic N) is 3. The third-order valence-corrected chi connectivity index (χ3v) is 4.45. The number of hydrogen-bond donors (Lipinski definition) is 1. The monoisotopic (exact) mass is 232 g/mol. The molecule has 0 aromatic carbocycles. The first-order valence-electron chi connectivity index (χ1n) is 6.50. The van der Waals surface area contributed by atoms with Crippen molar-refractivity contribution >= 4 is 5.82 Å². The first-order valence-corrected chi connectivity index (χ1v) is 6.50. The van der Waals surface area contributed by atoms with E-state index >= 15 is 0 Å². The molecule has 4 nitrogen and oxygen atoms in total. The van der Waals surface area contributed by atoms with Crippen LogP contribution in [0.5, 0.6) is 0 Å². The fourth-order valence-electron chi connectivity index (χ4n) is 3.30. The Balaban J connectivity index is 2.00. The molecule has 2 aliphatic rings. The summed E-state index contributed by atoms with van der Waals surface area (Å²) in [4.78, 5) is 2.44. The number of piperidine rings is 1. The van der Waals surface area contributed by atoms with Crippen molar-refractivity contribution in [1.82, 2.24) is 10.2 Å². The van der Waals surface area contributed by atoms with Gasteiger partial charge in [-0.2, -0.15) is 5.10 Å². The zero-order chi connectivity index (χ0) is 12.0. The molecule has 0 spiro atoms. The minimum atomic E-state index is 0.561. The Kier molecular flexibility index (Phi) is 2.54. The Morgan fingerprint density at radius 3 is 2.71 bits per heavy atom. The molecule has 0 amide bonds. The summed E-state index contributed by atoms with van der Waals surface area (Å²) in [6.45, 7) is 5.81. The molecule has 2 N–H and O–H groups in total. The lowest BCUT2D eigenvalue weighted by molar-refractivity contribution is 0.547. The van der Waals surface area contributed by atoms with Gasteiger partial charge in [0.15, 0.2) is 5.82 Å². The van der Waals surface area contributed by atoms with Gasteiger partial charge in [-0.15, -0.1) is 5.10 Å². The van der Waals surface area contributed by atoms with Crippen LogP contribution in [0, 0.1) is 19.8 Å². The molecule has 3 rings (SSSR count). The average molecular weight is 232 g/mol. The highest BCUT2D eigenvalue weighted by atomic mass is 15.3. The van der Waals surface area contributed by atoms with Crippen molar-refractivity contribution in [2.45, 2.75) is 45.7 Å². The van der Waals surface area contributed by atoms with Gasteiger partial charge in [0, 0.05) is 24.7 Å². The van der Waals surface area contributed by atoms with Gasteiger partial charge < -0.3 is 10.6 Å². The molecule has 2 unspecified atom stereocenters. The minimum Gasteiger partial charge on any atom is -0.352 e. The van der Waals surface area contributed by atoms with Crippen LogP contribution >= 0.6 is 0 Å². The van der Waals surface area contributed by atoms with E-state index < -0.39 is 0 Å². The van der Waals surface area contributed by atoms with E-state index in [1.807, 2.05) is 6.92 Å². The van der Waals surface area contributed by atoms with Crippen LogP contribution in [-0.4, -0.2) is 22.8 Å². The summed E-state index contributed by atoms with van der Waals surface area (Å²) in [5, 5.41) is 8.67. The summed E-state index contributed by atoms with van der Waals surface area (Å²) >= 11 is 0. The fraction of sp³-hybridized carbons (Fsp3) is 0.692. The second kappa shape index (κ2) is 3.95. The lowest BCUT2D eigenvalue weighted by atomic mass is 10.1. The van der Waals surface area contributed by atoms with Crippen molar-refractivity contribution in [3.8, 4) is 0 Å². The summed E-state index contributed by atoms with van der Waals surface area (Å²) < 4.78 is 0. The highest BCUT2D eigenvalue weighted by molar-refractivity contribution is 5.52. The van der Waals surface area contributed by atoms with Crippen LogP contribution in [0.25, 0.3) is 0 Å². The highest BCUT2D eigenvalue weighted by Gasteiger charge is 2.39. The number of rotatable bonds is 2. The van der Waals surface area contributed by atoms with Gasteiger partial charge in [0.2, 0.25) is 0 Å². The maximum atomic E-state index is 5.89. The second-order valence-electron chi connectivity index (χ2n) is 5.40. The van der Waals surface area contributed by atoms with Crippen LogP contribution in [0.2, 0.25) is 0 Å². The Morgan fingerprint density at radius 1 is 1.29 bits per heavy atom. The summed E-state index contributed by atoms with van der Waals surface area (Å²) in [7, 11) is 0. The number of aryl methyl sites for hydroxylation is 1. The maximum Gasteiger partial charge on any atom is 0.156 e. The van der Waals surface area contributed by atoms with Crippen molar-refractivity contribution < 1.29 is 0 Å². The molecule has 1 aromatic heterocycles. The van der Waals surface area contributed by atoms with Crippen LogP contribution in [0.4, 0.5) is 5.82 Å². The Morgan fingerprint density at radius 2 is 2.12 bits per heavy atom. The number of aromatic nitrogens is 2. The summed E-state index contributed by atoms with van der Waals surface area (Å²) in [6.07, 6.45) is 4.03. The second-order valence-corrected chi connectivity index (χ2v) is 5.40. The molecular formula is C13H20N4. The predicted octanol–water partition coefficient (Wildman–Crippen LogP) is 1.54. The van der Waals surface area contributed by atoms with Gasteiger partial charge in [-0.3, -0.25) is 0 Å². The van der Waals surface area contributed by atoms with E-state index in [0.717, 1.165) is 24.0 Å². The van der Waals surface area contributed by atoms with Crippen LogP contribution in [0.15, 0.2) is 0 Å². The number of fused-ring (bicyclic) bond motifs is 2. The van der Waals surface area contributed by atoms with E-state index in [2.05, 4.69) is 22.0 Å². The van der Waals surface area contributed by atoms with Gasteiger partial charge in [0.1, 0.15) is 0 Å². The van der Waals surface area contributed by atoms with E-state index in [-0.39, 0.29) is 0 Å². The van der Waals surface area contributed by atoms with Gasteiger partial charge >= 0.3 is 0 Å². The molecular weight excluding hydrogens is 212 g/mol. The molecule has 1 aromatic rings. The third-order valence-electron chi connectivity index (χ3n) is 4.45. The normalized spacial score (nSPS) is 26.9. The quantitative estimate of drug-likeness (QED) is 0.840. The van der Waals surface area contributed by atoms with E-state index in [1.54, 1.807) is 0 Å². The van der Waals surface area contributed by atoms with Crippen molar-refractivity contribution in [2.75, 3.05) is 11.4 Å². The largest absolute Gasteiger partial charge is 0.352 e. The molecule has 4 heteroatoms. The van der Waals surface area contributed by atoms with Crippen LogP contribution < -0.4 is 10.6 Å². The molecule has 2 heterocycles. The first-order chi connectivity index (χ1) is 8.20. The van der Waals surface area contributed by atoms with Gasteiger partial charge in [0.25, 0.3) is 0 Å². The Bertz CT molecular complexity index is 443. The third kappa shape index (κ3) is 1.62. The van der Waals surface area contributed by atoms with Gasteiger partial charge in [-0.05, 0) is 44.6 Å².